The van der Waals surface area contributed by atoms with Crippen LogP contribution < -0.4 is 5.32 Å². The molecule has 14 heavy (non-hydrogen) atoms. The van der Waals surface area contributed by atoms with Crippen molar-refractivity contribution in [2.45, 2.75) is 19.9 Å². The second-order valence-corrected chi connectivity index (χ2v) is 3.89. The van der Waals surface area contributed by atoms with E-state index in [0.29, 0.717) is 6.54 Å². The molecular weight excluding hydrogens is 184 g/mol. The summed E-state index contributed by atoms with van der Waals surface area (Å²) in [6, 6.07) is -0.131. The summed E-state index contributed by atoms with van der Waals surface area (Å²) in [4.78, 5) is 23.1. The average Bonchev–Trinajstić information content (AvgIpc) is 2.01. The highest BCUT2D eigenvalue weighted by Crippen LogP contribution is 2.02. The van der Waals surface area contributed by atoms with Crippen LogP contribution in [0.5, 0.6) is 0 Å². The lowest BCUT2D eigenvalue weighted by atomic mass is 10.0. The molecule has 1 unspecified atom stereocenters. The Morgan fingerprint density at radius 2 is 1.86 bits per heavy atom. The molecule has 0 bridgehead atoms. The smallest absolute Gasteiger partial charge is 0.394 e. The summed E-state index contributed by atoms with van der Waals surface area (Å²) in [6.45, 7) is 4.52. The lowest BCUT2D eigenvalue weighted by Crippen LogP contribution is -2.47. The van der Waals surface area contributed by atoms with Crippen LogP contribution >= 0.6 is 0 Å². The SMILES string of the molecule is CC(C)C(CN(C)C)NC(=O)C(=O)O. The van der Waals surface area contributed by atoms with Crippen molar-refractivity contribution in [3.63, 3.8) is 0 Å². The molecule has 5 nitrogen and oxygen atoms in total. The van der Waals surface area contributed by atoms with Crippen LogP contribution in [0.25, 0.3) is 0 Å². The zero-order valence-corrected chi connectivity index (χ0v) is 9.07. The quantitative estimate of drug-likeness (QED) is 0.618. The molecule has 0 heterocycles. The first kappa shape index (κ1) is 12.9. The lowest BCUT2D eigenvalue weighted by Gasteiger charge is -2.24. The van der Waals surface area contributed by atoms with Gasteiger partial charge in [0.1, 0.15) is 0 Å². The fourth-order valence-corrected chi connectivity index (χ4v) is 1.05. The number of hydrogen-bond donors (Lipinski definition) is 2. The van der Waals surface area contributed by atoms with Gasteiger partial charge in [-0.15, -0.1) is 0 Å². The van der Waals surface area contributed by atoms with Gasteiger partial charge in [0, 0.05) is 12.6 Å². The van der Waals surface area contributed by atoms with E-state index < -0.39 is 11.9 Å². The first-order valence-electron chi connectivity index (χ1n) is 4.53. The van der Waals surface area contributed by atoms with Gasteiger partial charge in [-0.1, -0.05) is 13.8 Å². The molecule has 0 aliphatic heterocycles. The van der Waals surface area contributed by atoms with Crippen molar-refractivity contribution in [2.24, 2.45) is 5.92 Å². The summed E-state index contributed by atoms with van der Waals surface area (Å²) in [5.74, 6) is -2.17. The average molecular weight is 202 g/mol. The number of carbonyl (C=O) groups is 2. The van der Waals surface area contributed by atoms with E-state index in [1.165, 1.54) is 0 Å². The number of hydrogen-bond acceptors (Lipinski definition) is 3. The first-order valence-corrected chi connectivity index (χ1v) is 4.53. The predicted molar refractivity (Wildman–Crippen MR) is 53.0 cm³/mol. The van der Waals surface area contributed by atoms with Gasteiger partial charge in [-0.25, -0.2) is 4.79 Å². The number of likely N-dealkylation sites (N-methyl/N-ethyl adjacent to an activating group) is 1. The van der Waals surface area contributed by atoms with Gasteiger partial charge in [0.05, 0.1) is 0 Å². The maximum absolute atomic E-state index is 10.9. The third-order valence-corrected chi connectivity index (χ3v) is 1.88. The largest absolute Gasteiger partial charge is 0.474 e. The Kier molecular flexibility index (Phi) is 5.15. The minimum Gasteiger partial charge on any atom is -0.474 e. The van der Waals surface area contributed by atoms with E-state index in [1.54, 1.807) is 0 Å². The molecule has 0 aromatic heterocycles. The number of nitrogens with zero attached hydrogens (tertiary/aromatic N) is 1. The molecule has 0 saturated heterocycles. The molecule has 0 spiro atoms. The van der Waals surface area contributed by atoms with E-state index in [1.807, 2.05) is 32.8 Å². The molecule has 2 N–H and O–H groups in total. The van der Waals surface area contributed by atoms with Gasteiger partial charge in [-0.05, 0) is 20.0 Å². The van der Waals surface area contributed by atoms with Crippen molar-refractivity contribution < 1.29 is 14.7 Å². The third-order valence-electron chi connectivity index (χ3n) is 1.88. The van der Waals surface area contributed by atoms with Crippen molar-refractivity contribution >= 4 is 11.9 Å². The lowest BCUT2D eigenvalue weighted by molar-refractivity contribution is -0.150. The monoisotopic (exact) mass is 202 g/mol. The van der Waals surface area contributed by atoms with Gasteiger partial charge in [0.15, 0.2) is 0 Å². The number of carboxylic acids is 1. The summed E-state index contributed by atoms with van der Waals surface area (Å²) in [5, 5.41) is 10.9. The molecule has 5 heteroatoms. The standard InChI is InChI=1S/C9H18N2O3/c1-6(2)7(5-11(3)4)10-8(12)9(13)14/h6-7H,5H2,1-4H3,(H,10,12)(H,13,14). The Morgan fingerprint density at radius 1 is 1.36 bits per heavy atom. The Balaban J connectivity index is 4.23. The Morgan fingerprint density at radius 3 is 2.14 bits per heavy atom. The van der Waals surface area contributed by atoms with E-state index in [2.05, 4.69) is 5.32 Å². The molecule has 82 valence electrons. The van der Waals surface area contributed by atoms with Crippen LogP contribution in [0.4, 0.5) is 0 Å². The third kappa shape index (κ3) is 4.81. The first-order chi connectivity index (χ1) is 6.34. The van der Waals surface area contributed by atoms with Crippen LogP contribution in [0.2, 0.25) is 0 Å². The molecule has 0 radical (unpaired) electrons. The molecule has 0 aliphatic rings. The molecule has 0 rings (SSSR count). The Hall–Kier alpha value is -1.10. The van der Waals surface area contributed by atoms with Crippen LogP contribution in [-0.4, -0.2) is 48.6 Å². The van der Waals surface area contributed by atoms with E-state index >= 15 is 0 Å². The normalized spacial score (nSPS) is 13.0. The van der Waals surface area contributed by atoms with Crippen molar-refractivity contribution in [1.82, 2.24) is 10.2 Å². The number of nitrogens with one attached hydrogen (secondary N) is 1. The summed E-state index contributed by atoms with van der Waals surface area (Å²) in [5.41, 5.74) is 0. The van der Waals surface area contributed by atoms with Crippen LogP contribution in [0.1, 0.15) is 13.8 Å². The second-order valence-electron chi connectivity index (χ2n) is 3.89. The number of carboxylic acid groups (broad SMARTS) is 1. The molecule has 0 aromatic carbocycles. The van der Waals surface area contributed by atoms with Gasteiger partial charge in [0.25, 0.3) is 0 Å². The van der Waals surface area contributed by atoms with E-state index in [4.69, 9.17) is 5.11 Å². The zero-order chi connectivity index (χ0) is 11.3. The van der Waals surface area contributed by atoms with E-state index in [-0.39, 0.29) is 12.0 Å². The number of rotatable bonds is 4. The van der Waals surface area contributed by atoms with Gasteiger partial charge < -0.3 is 15.3 Å². The Labute approximate surface area is 84.1 Å². The van der Waals surface area contributed by atoms with E-state index in [0.717, 1.165) is 0 Å². The molecule has 0 saturated carbocycles. The molecule has 1 atom stereocenters. The molecule has 0 fully saturated rings. The molecule has 1 amide bonds. The summed E-state index contributed by atoms with van der Waals surface area (Å²) in [7, 11) is 3.75. The fraction of sp³-hybridized carbons (Fsp3) is 0.778. The maximum atomic E-state index is 10.9. The second kappa shape index (κ2) is 5.59. The van der Waals surface area contributed by atoms with Gasteiger partial charge in [0.2, 0.25) is 0 Å². The predicted octanol–water partition coefficient (Wildman–Crippen LogP) is -0.227. The van der Waals surface area contributed by atoms with Crippen molar-refractivity contribution in [1.29, 1.82) is 0 Å². The maximum Gasteiger partial charge on any atom is 0.394 e. The number of aliphatic carboxylic acids is 1. The minimum absolute atomic E-state index is 0.131. The highest BCUT2D eigenvalue weighted by atomic mass is 16.4. The van der Waals surface area contributed by atoms with E-state index in [9.17, 15) is 9.59 Å². The highest BCUT2D eigenvalue weighted by Gasteiger charge is 2.20. The summed E-state index contributed by atoms with van der Waals surface area (Å²) < 4.78 is 0. The number of amides is 1. The van der Waals surface area contributed by atoms with Gasteiger partial charge in [-0.2, -0.15) is 0 Å². The van der Waals surface area contributed by atoms with Crippen LogP contribution in [-0.2, 0) is 9.59 Å². The van der Waals surface area contributed by atoms with Crippen molar-refractivity contribution in [3.8, 4) is 0 Å². The number of carbonyl (C=O) groups excluding carboxylic acids is 1. The fourth-order valence-electron chi connectivity index (χ4n) is 1.05. The van der Waals surface area contributed by atoms with Crippen molar-refractivity contribution in [2.75, 3.05) is 20.6 Å². The van der Waals surface area contributed by atoms with Gasteiger partial charge in [-0.3, -0.25) is 4.79 Å². The zero-order valence-electron chi connectivity index (χ0n) is 9.07. The molecule has 0 aromatic rings. The minimum atomic E-state index is -1.44. The molecular formula is C9H18N2O3. The van der Waals surface area contributed by atoms with Gasteiger partial charge >= 0.3 is 11.9 Å². The molecule has 0 aliphatic carbocycles. The Bertz CT molecular complexity index is 214. The summed E-state index contributed by atoms with van der Waals surface area (Å²) >= 11 is 0. The van der Waals surface area contributed by atoms with Crippen LogP contribution in [0.3, 0.4) is 0 Å². The van der Waals surface area contributed by atoms with Crippen molar-refractivity contribution in [3.05, 3.63) is 0 Å². The highest BCUT2D eigenvalue weighted by molar-refractivity contribution is 6.31. The summed E-state index contributed by atoms with van der Waals surface area (Å²) in [6.07, 6.45) is 0. The topological polar surface area (TPSA) is 69.6 Å². The van der Waals surface area contributed by atoms with Crippen LogP contribution in [0.15, 0.2) is 0 Å². The van der Waals surface area contributed by atoms with Crippen LogP contribution in [0, 0.1) is 5.92 Å².